The van der Waals surface area contributed by atoms with Crippen molar-refractivity contribution in [3.8, 4) is 0 Å². The number of hydrogen-bond acceptors (Lipinski definition) is 4. The average Bonchev–Trinajstić information content (AvgIpc) is 2.99. The lowest BCUT2D eigenvalue weighted by Gasteiger charge is -2.32. The molecule has 0 aliphatic carbocycles. The monoisotopic (exact) mass is 376 g/mol. The van der Waals surface area contributed by atoms with E-state index in [4.69, 9.17) is 9.72 Å². The first-order valence-corrected chi connectivity index (χ1v) is 9.91. The number of rotatable bonds is 5. The Morgan fingerprint density at radius 1 is 1.11 bits per heavy atom. The molecule has 1 atom stereocenters. The molecule has 0 N–H and O–H groups in total. The van der Waals surface area contributed by atoms with Gasteiger partial charge in [0.05, 0.1) is 18.0 Å². The Morgan fingerprint density at radius 2 is 1.93 bits per heavy atom. The molecule has 3 heterocycles. The SMILES string of the molecule is Cc1cc(Cc2ccccc2)cc([C@@H]2CN(Cc3cn(C)nc3C)CCO2)n1. The van der Waals surface area contributed by atoms with Crippen LogP contribution in [0.25, 0.3) is 0 Å². The number of pyridine rings is 1. The third-order valence-electron chi connectivity index (χ3n) is 5.27. The van der Waals surface area contributed by atoms with Gasteiger partial charge in [-0.1, -0.05) is 30.3 Å². The van der Waals surface area contributed by atoms with Gasteiger partial charge >= 0.3 is 0 Å². The zero-order valence-corrected chi connectivity index (χ0v) is 16.9. The molecule has 5 heteroatoms. The molecular weight excluding hydrogens is 348 g/mol. The Balaban J connectivity index is 1.49. The summed E-state index contributed by atoms with van der Waals surface area (Å²) in [5.41, 5.74) is 7.08. The highest BCUT2D eigenvalue weighted by atomic mass is 16.5. The molecule has 4 rings (SSSR count). The fraction of sp³-hybridized carbons (Fsp3) is 0.391. The van der Waals surface area contributed by atoms with Crippen molar-refractivity contribution < 1.29 is 4.74 Å². The predicted octanol–water partition coefficient (Wildman–Crippen LogP) is 3.60. The maximum Gasteiger partial charge on any atom is 0.112 e. The van der Waals surface area contributed by atoms with Crippen molar-refractivity contribution in [2.75, 3.05) is 19.7 Å². The van der Waals surface area contributed by atoms with Crippen LogP contribution in [0, 0.1) is 13.8 Å². The molecule has 0 unspecified atom stereocenters. The summed E-state index contributed by atoms with van der Waals surface area (Å²) in [5, 5.41) is 4.46. The van der Waals surface area contributed by atoms with Crippen molar-refractivity contribution in [2.45, 2.75) is 32.9 Å². The molecule has 1 aliphatic heterocycles. The van der Waals surface area contributed by atoms with E-state index in [9.17, 15) is 0 Å². The van der Waals surface area contributed by atoms with E-state index in [1.54, 1.807) is 0 Å². The summed E-state index contributed by atoms with van der Waals surface area (Å²) in [6.07, 6.45) is 3.05. The van der Waals surface area contributed by atoms with Gasteiger partial charge in [-0.3, -0.25) is 14.6 Å². The van der Waals surface area contributed by atoms with Crippen molar-refractivity contribution >= 4 is 0 Å². The minimum Gasteiger partial charge on any atom is -0.369 e. The van der Waals surface area contributed by atoms with Crippen LogP contribution >= 0.6 is 0 Å². The van der Waals surface area contributed by atoms with Crippen LogP contribution in [0.1, 0.15) is 39.9 Å². The van der Waals surface area contributed by atoms with Crippen LogP contribution in [0.5, 0.6) is 0 Å². The number of aryl methyl sites for hydroxylation is 3. The van der Waals surface area contributed by atoms with Crippen LogP contribution in [-0.2, 0) is 24.8 Å². The molecule has 2 aromatic heterocycles. The van der Waals surface area contributed by atoms with Gasteiger partial charge in [0.1, 0.15) is 6.10 Å². The quantitative estimate of drug-likeness (QED) is 0.682. The lowest BCUT2D eigenvalue weighted by Crippen LogP contribution is -2.38. The van der Waals surface area contributed by atoms with Crippen molar-refractivity contribution in [1.29, 1.82) is 0 Å². The van der Waals surface area contributed by atoms with Crippen LogP contribution in [-0.4, -0.2) is 39.4 Å². The molecule has 1 aliphatic rings. The minimum atomic E-state index is 0.0140. The molecule has 0 amide bonds. The maximum atomic E-state index is 6.10. The Hall–Kier alpha value is -2.50. The highest BCUT2D eigenvalue weighted by molar-refractivity contribution is 5.29. The summed E-state index contributed by atoms with van der Waals surface area (Å²) >= 11 is 0. The van der Waals surface area contributed by atoms with Crippen LogP contribution in [0.4, 0.5) is 0 Å². The van der Waals surface area contributed by atoms with E-state index in [0.717, 1.165) is 49.7 Å². The third kappa shape index (κ3) is 4.49. The summed E-state index contributed by atoms with van der Waals surface area (Å²) in [4.78, 5) is 7.24. The standard InChI is InChI=1S/C23H28N4O/c1-17-11-20(12-19-7-5-4-6-8-19)13-22(24-17)23-16-27(9-10-28-23)15-21-14-26(3)25-18(21)2/h4-8,11,13-14,23H,9-10,12,15-16H2,1-3H3/t23-/m0/s1. The molecule has 146 valence electrons. The molecule has 0 spiro atoms. The molecule has 1 fully saturated rings. The van der Waals surface area contributed by atoms with Gasteiger partial charge in [-0.25, -0.2) is 0 Å². The maximum absolute atomic E-state index is 6.10. The van der Waals surface area contributed by atoms with Crippen molar-refractivity contribution in [3.05, 3.63) is 82.4 Å². The van der Waals surface area contributed by atoms with Gasteiger partial charge in [-0.05, 0) is 43.5 Å². The summed E-state index contributed by atoms with van der Waals surface area (Å²) in [6, 6.07) is 15.0. The van der Waals surface area contributed by atoms with Gasteiger partial charge in [0.15, 0.2) is 0 Å². The zero-order chi connectivity index (χ0) is 19.5. The fourth-order valence-electron chi connectivity index (χ4n) is 3.94. The normalized spacial score (nSPS) is 17.8. The Bertz CT molecular complexity index is 935. The van der Waals surface area contributed by atoms with E-state index in [2.05, 4.69) is 72.5 Å². The molecule has 0 bridgehead atoms. The molecule has 1 aromatic carbocycles. The predicted molar refractivity (Wildman–Crippen MR) is 110 cm³/mol. The molecular formula is C23H28N4O. The summed E-state index contributed by atoms with van der Waals surface area (Å²) in [7, 11) is 1.98. The zero-order valence-electron chi connectivity index (χ0n) is 16.9. The fourth-order valence-corrected chi connectivity index (χ4v) is 3.94. The van der Waals surface area contributed by atoms with Gasteiger partial charge in [0.25, 0.3) is 0 Å². The molecule has 0 saturated carbocycles. The van der Waals surface area contributed by atoms with Gasteiger partial charge in [0.2, 0.25) is 0 Å². The minimum absolute atomic E-state index is 0.0140. The first kappa shape index (κ1) is 18.8. The number of ether oxygens (including phenoxy) is 1. The van der Waals surface area contributed by atoms with Crippen molar-refractivity contribution in [1.82, 2.24) is 19.7 Å². The van der Waals surface area contributed by atoms with Crippen LogP contribution in [0.3, 0.4) is 0 Å². The number of nitrogens with zero attached hydrogens (tertiary/aromatic N) is 4. The summed E-state index contributed by atoms with van der Waals surface area (Å²) in [5.74, 6) is 0. The number of morpholine rings is 1. The van der Waals surface area contributed by atoms with Gasteiger partial charge < -0.3 is 4.74 Å². The first-order chi connectivity index (χ1) is 13.6. The van der Waals surface area contributed by atoms with Crippen LogP contribution in [0.15, 0.2) is 48.7 Å². The van der Waals surface area contributed by atoms with E-state index < -0.39 is 0 Å². The second kappa shape index (κ2) is 8.25. The van der Waals surface area contributed by atoms with Gasteiger partial charge in [-0.15, -0.1) is 0 Å². The lowest BCUT2D eigenvalue weighted by molar-refractivity contribution is -0.0351. The highest BCUT2D eigenvalue weighted by Gasteiger charge is 2.24. The molecule has 1 saturated heterocycles. The van der Waals surface area contributed by atoms with Crippen molar-refractivity contribution in [2.24, 2.45) is 7.05 Å². The number of benzene rings is 1. The summed E-state index contributed by atoms with van der Waals surface area (Å²) < 4.78 is 7.99. The highest BCUT2D eigenvalue weighted by Crippen LogP contribution is 2.24. The van der Waals surface area contributed by atoms with E-state index in [0.29, 0.717) is 0 Å². The van der Waals surface area contributed by atoms with Crippen LogP contribution < -0.4 is 0 Å². The molecule has 5 nitrogen and oxygen atoms in total. The first-order valence-electron chi connectivity index (χ1n) is 9.91. The third-order valence-corrected chi connectivity index (χ3v) is 5.27. The Labute approximate surface area is 167 Å². The Kier molecular flexibility index (Phi) is 5.55. The second-order valence-electron chi connectivity index (χ2n) is 7.71. The lowest BCUT2D eigenvalue weighted by atomic mass is 10.0. The van der Waals surface area contributed by atoms with Crippen LogP contribution in [0.2, 0.25) is 0 Å². The second-order valence-corrected chi connectivity index (χ2v) is 7.71. The largest absolute Gasteiger partial charge is 0.369 e. The topological polar surface area (TPSA) is 43.2 Å². The van der Waals surface area contributed by atoms with Crippen molar-refractivity contribution in [3.63, 3.8) is 0 Å². The smallest absolute Gasteiger partial charge is 0.112 e. The van der Waals surface area contributed by atoms with Gasteiger partial charge in [0, 0.05) is 44.1 Å². The van der Waals surface area contributed by atoms with Gasteiger partial charge in [-0.2, -0.15) is 5.10 Å². The molecule has 28 heavy (non-hydrogen) atoms. The number of aromatic nitrogens is 3. The summed E-state index contributed by atoms with van der Waals surface area (Å²) in [6.45, 7) is 7.57. The van der Waals surface area contributed by atoms with E-state index in [1.807, 2.05) is 11.7 Å². The number of hydrogen-bond donors (Lipinski definition) is 0. The Morgan fingerprint density at radius 3 is 2.68 bits per heavy atom. The van der Waals surface area contributed by atoms with E-state index >= 15 is 0 Å². The van der Waals surface area contributed by atoms with E-state index in [1.165, 1.54) is 16.7 Å². The average molecular weight is 377 g/mol. The van der Waals surface area contributed by atoms with E-state index in [-0.39, 0.29) is 6.10 Å². The molecule has 0 radical (unpaired) electrons. The molecule has 3 aromatic rings.